The molecule has 0 amide bonds. The molecule has 0 unspecified atom stereocenters. The summed E-state index contributed by atoms with van der Waals surface area (Å²) in [6, 6.07) is 13.7. The van der Waals surface area contributed by atoms with Crippen LogP contribution in [0.25, 0.3) is 0 Å². The largest absolute Gasteiger partial charge is 0.457 e. The number of benzene rings is 2. The molecule has 0 fully saturated rings. The van der Waals surface area contributed by atoms with Crippen LogP contribution in [0.15, 0.2) is 46.9 Å². The summed E-state index contributed by atoms with van der Waals surface area (Å²) in [6.45, 7) is 0. The average molecular weight is 423 g/mol. The van der Waals surface area contributed by atoms with Gasteiger partial charge in [0, 0.05) is 13.9 Å². The van der Waals surface area contributed by atoms with Gasteiger partial charge in [-0.1, -0.05) is 22.0 Å². The van der Waals surface area contributed by atoms with Crippen LogP contribution in [0.5, 0.6) is 11.5 Å². The lowest BCUT2D eigenvalue weighted by Crippen LogP contribution is -1.86. The molecule has 2 aromatic rings. The number of hydrogen-bond acceptors (Lipinski definition) is 1. The van der Waals surface area contributed by atoms with E-state index >= 15 is 0 Å². The van der Waals surface area contributed by atoms with Gasteiger partial charge in [-0.25, -0.2) is 0 Å². The first kappa shape index (κ1) is 13.2. The van der Waals surface area contributed by atoms with Crippen LogP contribution in [0, 0.1) is 3.57 Å². The van der Waals surface area contributed by atoms with Crippen molar-refractivity contribution in [3.8, 4) is 11.5 Å². The SMILES string of the molecule is ClCc1ccc(Oc2ccc(I)cc2)cc1Br. The lowest BCUT2D eigenvalue weighted by Gasteiger charge is -2.07. The Bertz CT molecular complexity index is 513. The number of rotatable bonds is 3. The topological polar surface area (TPSA) is 9.23 Å². The highest BCUT2D eigenvalue weighted by Gasteiger charge is 2.02. The highest BCUT2D eigenvalue weighted by atomic mass is 127. The Balaban J connectivity index is 2.19. The van der Waals surface area contributed by atoms with Crippen molar-refractivity contribution in [1.82, 2.24) is 0 Å². The molecule has 0 saturated heterocycles. The first-order valence-electron chi connectivity index (χ1n) is 4.97. The number of halogens is 3. The van der Waals surface area contributed by atoms with Crippen LogP contribution in [0.1, 0.15) is 5.56 Å². The zero-order valence-corrected chi connectivity index (χ0v) is 13.3. The zero-order valence-electron chi connectivity index (χ0n) is 8.79. The standard InChI is InChI=1S/C13H9BrClIO/c14-13-7-12(4-1-9(13)8-15)17-11-5-2-10(16)3-6-11/h1-7H,8H2. The van der Waals surface area contributed by atoms with E-state index in [4.69, 9.17) is 16.3 Å². The second-order valence-electron chi connectivity index (χ2n) is 3.44. The van der Waals surface area contributed by atoms with E-state index in [2.05, 4.69) is 38.5 Å². The van der Waals surface area contributed by atoms with Crippen LogP contribution in [-0.4, -0.2) is 0 Å². The van der Waals surface area contributed by atoms with Crippen molar-refractivity contribution in [3.63, 3.8) is 0 Å². The van der Waals surface area contributed by atoms with Crippen molar-refractivity contribution in [3.05, 3.63) is 56.1 Å². The highest BCUT2D eigenvalue weighted by Crippen LogP contribution is 2.28. The van der Waals surface area contributed by atoms with Gasteiger partial charge in [-0.05, 0) is 64.6 Å². The molecule has 2 rings (SSSR count). The van der Waals surface area contributed by atoms with Gasteiger partial charge in [-0.3, -0.25) is 0 Å². The molecular weight excluding hydrogens is 414 g/mol. The van der Waals surface area contributed by atoms with E-state index < -0.39 is 0 Å². The molecule has 0 bridgehead atoms. The molecule has 0 radical (unpaired) electrons. The molecule has 1 nitrogen and oxygen atoms in total. The molecule has 0 heterocycles. The first-order valence-corrected chi connectivity index (χ1v) is 7.37. The third kappa shape index (κ3) is 3.60. The maximum atomic E-state index is 5.79. The summed E-state index contributed by atoms with van der Waals surface area (Å²) in [6.07, 6.45) is 0. The Kier molecular flexibility index (Phi) is 4.70. The van der Waals surface area contributed by atoms with E-state index in [1.54, 1.807) is 0 Å². The van der Waals surface area contributed by atoms with Crippen LogP contribution >= 0.6 is 50.1 Å². The van der Waals surface area contributed by atoms with E-state index in [9.17, 15) is 0 Å². The highest BCUT2D eigenvalue weighted by molar-refractivity contribution is 14.1. The Morgan fingerprint density at radius 2 is 1.71 bits per heavy atom. The average Bonchev–Trinajstić information content (AvgIpc) is 2.32. The normalized spacial score (nSPS) is 10.3. The second kappa shape index (κ2) is 6.07. The van der Waals surface area contributed by atoms with Gasteiger partial charge < -0.3 is 4.74 Å². The molecule has 0 aliphatic carbocycles. The van der Waals surface area contributed by atoms with E-state index in [-0.39, 0.29) is 0 Å². The summed E-state index contributed by atoms with van der Waals surface area (Å²) in [5, 5.41) is 0. The summed E-state index contributed by atoms with van der Waals surface area (Å²) in [7, 11) is 0. The Hall–Kier alpha value is -0.260. The van der Waals surface area contributed by atoms with Gasteiger partial charge in [0.2, 0.25) is 0 Å². The van der Waals surface area contributed by atoms with Crippen molar-refractivity contribution >= 4 is 50.1 Å². The molecule has 88 valence electrons. The molecule has 4 heteroatoms. The van der Waals surface area contributed by atoms with Gasteiger partial charge in [0.05, 0.1) is 0 Å². The molecule has 0 atom stereocenters. The van der Waals surface area contributed by atoms with Crippen molar-refractivity contribution in [2.24, 2.45) is 0 Å². The Morgan fingerprint density at radius 1 is 1.06 bits per heavy atom. The third-order valence-electron chi connectivity index (χ3n) is 2.22. The van der Waals surface area contributed by atoms with E-state index in [1.807, 2.05) is 42.5 Å². The smallest absolute Gasteiger partial charge is 0.128 e. The molecule has 17 heavy (non-hydrogen) atoms. The zero-order chi connectivity index (χ0) is 12.3. The van der Waals surface area contributed by atoms with Gasteiger partial charge in [-0.15, -0.1) is 11.6 Å². The summed E-state index contributed by atoms with van der Waals surface area (Å²) in [5.41, 5.74) is 1.06. The summed E-state index contributed by atoms with van der Waals surface area (Å²) in [5.74, 6) is 2.12. The minimum Gasteiger partial charge on any atom is -0.457 e. The minimum atomic E-state index is 0.490. The van der Waals surface area contributed by atoms with Gasteiger partial charge >= 0.3 is 0 Å². The number of hydrogen-bond donors (Lipinski definition) is 0. The monoisotopic (exact) mass is 422 g/mol. The molecule has 0 saturated carbocycles. The number of ether oxygens (including phenoxy) is 1. The molecule has 0 spiro atoms. The molecular formula is C13H9BrClIO. The van der Waals surface area contributed by atoms with Crippen LogP contribution < -0.4 is 4.74 Å². The summed E-state index contributed by atoms with van der Waals surface area (Å²) < 4.78 is 7.89. The lowest BCUT2D eigenvalue weighted by molar-refractivity contribution is 0.482. The fourth-order valence-corrected chi connectivity index (χ4v) is 2.59. The molecule has 2 aromatic carbocycles. The molecule has 0 aliphatic rings. The maximum absolute atomic E-state index is 5.79. The van der Waals surface area contributed by atoms with Crippen LogP contribution in [0.2, 0.25) is 0 Å². The molecule has 0 aliphatic heterocycles. The van der Waals surface area contributed by atoms with Gasteiger partial charge in [-0.2, -0.15) is 0 Å². The summed E-state index contributed by atoms with van der Waals surface area (Å²) in [4.78, 5) is 0. The third-order valence-corrected chi connectivity index (χ3v) is 3.96. The van der Waals surface area contributed by atoms with Crippen LogP contribution in [0.3, 0.4) is 0 Å². The lowest BCUT2D eigenvalue weighted by atomic mass is 10.2. The maximum Gasteiger partial charge on any atom is 0.128 e. The number of alkyl halides is 1. The van der Waals surface area contributed by atoms with Crippen molar-refractivity contribution in [1.29, 1.82) is 0 Å². The van der Waals surface area contributed by atoms with Crippen LogP contribution in [-0.2, 0) is 5.88 Å². The van der Waals surface area contributed by atoms with Crippen molar-refractivity contribution in [2.75, 3.05) is 0 Å². The fraction of sp³-hybridized carbons (Fsp3) is 0.0769. The van der Waals surface area contributed by atoms with Gasteiger partial charge in [0.25, 0.3) is 0 Å². The minimum absolute atomic E-state index is 0.490. The van der Waals surface area contributed by atoms with Gasteiger partial charge in [0.15, 0.2) is 0 Å². The second-order valence-corrected chi connectivity index (χ2v) is 5.81. The fourth-order valence-electron chi connectivity index (χ4n) is 1.34. The molecule has 0 N–H and O–H groups in total. The van der Waals surface area contributed by atoms with Crippen LogP contribution in [0.4, 0.5) is 0 Å². The Labute approximate surface area is 127 Å². The predicted octanol–water partition coefficient (Wildman–Crippen LogP) is 5.58. The first-order chi connectivity index (χ1) is 8.19. The van der Waals surface area contributed by atoms with Gasteiger partial charge in [0.1, 0.15) is 11.5 Å². The Morgan fingerprint density at radius 3 is 2.29 bits per heavy atom. The van der Waals surface area contributed by atoms with E-state index in [0.29, 0.717) is 5.88 Å². The predicted molar refractivity (Wildman–Crippen MR) is 82.9 cm³/mol. The quantitative estimate of drug-likeness (QED) is 0.462. The van der Waals surface area contributed by atoms with E-state index in [0.717, 1.165) is 21.5 Å². The van der Waals surface area contributed by atoms with Crippen molar-refractivity contribution < 1.29 is 4.74 Å². The summed E-state index contributed by atoms with van der Waals surface area (Å²) >= 11 is 11.5. The molecule has 0 aromatic heterocycles. The van der Waals surface area contributed by atoms with Crippen molar-refractivity contribution in [2.45, 2.75) is 5.88 Å². The van der Waals surface area contributed by atoms with E-state index in [1.165, 1.54) is 3.57 Å².